The molecular weight excluding hydrogens is 227 g/mol. The van der Waals surface area contributed by atoms with Crippen LogP contribution in [0.15, 0.2) is 36.4 Å². The molecule has 4 heteroatoms. The first-order valence-corrected chi connectivity index (χ1v) is 6.09. The Labute approximate surface area is 107 Å². The van der Waals surface area contributed by atoms with Crippen molar-refractivity contribution in [1.82, 2.24) is 0 Å². The number of benzene rings is 2. The van der Waals surface area contributed by atoms with Gasteiger partial charge in [-0.05, 0) is 34.3 Å². The van der Waals surface area contributed by atoms with Gasteiger partial charge in [-0.1, -0.05) is 38.1 Å². The lowest BCUT2D eigenvalue weighted by Crippen LogP contribution is -2.29. The quantitative estimate of drug-likeness (QED) is 0.802. The summed E-state index contributed by atoms with van der Waals surface area (Å²) < 4.78 is 5.65. The highest BCUT2D eigenvalue weighted by Crippen LogP contribution is 2.20. The number of fused-ring (bicyclic) bond motifs is 1. The molecule has 2 rings (SSSR count). The molecule has 2 N–H and O–H groups in total. The van der Waals surface area contributed by atoms with E-state index in [4.69, 9.17) is 14.8 Å². The minimum atomic E-state index is -1.42. The van der Waals surface area contributed by atoms with Gasteiger partial charge in [-0.25, -0.2) is 0 Å². The minimum Gasteiger partial charge on any atom is -0.493 e. The van der Waals surface area contributed by atoms with Gasteiger partial charge in [0.05, 0.1) is 6.61 Å². The van der Waals surface area contributed by atoms with Crippen molar-refractivity contribution in [3.8, 4) is 5.75 Å². The van der Waals surface area contributed by atoms with Crippen molar-refractivity contribution in [2.24, 2.45) is 5.92 Å². The first kappa shape index (κ1) is 12.9. The Balaban J connectivity index is 2.27. The van der Waals surface area contributed by atoms with Gasteiger partial charge in [-0.15, -0.1) is 0 Å². The highest BCUT2D eigenvalue weighted by atomic mass is 16.5. The molecule has 0 bridgehead atoms. The van der Waals surface area contributed by atoms with Crippen molar-refractivity contribution in [3.63, 3.8) is 0 Å². The molecule has 3 nitrogen and oxygen atoms in total. The van der Waals surface area contributed by atoms with E-state index in [-0.39, 0.29) is 0 Å². The van der Waals surface area contributed by atoms with E-state index in [1.165, 1.54) is 0 Å². The molecule has 2 aromatic carbocycles. The average molecular weight is 244 g/mol. The first-order chi connectivity index (χ1) is 8.56. The molecule has 0 saturated heterocycles. The molecule has 0 atom stereocenters. The summed E-state index contributed by atoms with van der Waals surface area (Å²) in [5.41, 5.74) is 0.498. The van der Waals surface area contributed by atoms with Crippen molar-refractivity contribution in [2.75, 3.05) is 6.61 Å². The van der Waals surface area contributed by atoms with Crippen LogP contribution in [0.2, 0.25) is 0 Å². The lowest BCUT2D eigenvalue weighted by Gasteiger charge is -2.10. The van der Waals surface area contributed by atoms with E-state index in [9.17, 15) is 0 Å². The number of rotatable bonds is 4. The first-order valence-electron chi connectivity index (χ1n) is 6.09. The van der Waals surface area contributed by atoms with Crippen LogP contribution in [-0.2, 0) is 0 Å². The lowest BCUT2D eigenvalue weighted by molar-refractivity contribution is 0.271. The normalized spacial score (nSPS) is 10.9. The topological polar surface area (TPSA) is 49.7 Å². The van der Waals surface area contributed by atoms with Gasteiger partial charge in [0.1, 0.15) is 5.75 Å². The van der Waals surface area contributed by atoms with Gasteiger partial charge in [0.15, 0.2) is 0 Å². The largest absolute Gasteiger partial charge is 0.493 e. The number of hydrogen-bond acceptors (Lipinski definition) is 3. The Morgan fingerprint density at radius 2 is 1.72 bits per heavy atom. The highest BCUT2D eigenvalue weighted by molar-refractivity contribution is 6.58. The van der Waals surface area contributed by atoms with Gasteiger partial charge in [0.2, 0.25) is 0 Å². The van der Waals surface area contributed by atoms with Crippen molar-refractivity contribution < 1.29 is 14.8 Å². The predicted molar refractivity (Wildman–Crippen MR) is 74.1 cm³/mol. The molecule has 94 valence electrons. The number of hydrogen-bond donors (Lipinski definition) is 2. The molecule has 0 radical (unpaired) electrons. The smallest absolute Gasteiger partial charge is 0.488 e. The van der Waals surface area contributed by atoms with Crippen molar-refractivity contribution in [2.45, 2.75) is 13.8 Å². The number of ether oxygens (including phenoxy) is 1. The van der Waals surface area contributed by atoms with E-state index in [1.807, 2.05) is 24.3 Å². The Kier molecular flexibility index (Phi) is 3.89. The molecule has 18 heavy (non-hydrogen) atoms. The van der Waals surface area contributed by atoms with Crippen LogP contribution in [-0.4, -0.2) is 23.8 Å². The molecule has 0 aromatic heterocycles. The summed E-state index contributed by atoms with van der Waals surface area (Å²) >= 11 is 0. The van der Waals surface area contributed by atoms with Gasteiger partial charge in [0, 0.05) is 0 Å². The molecule has 0 aliphatic heterocycles. The Bertz CT molecular complexity index is 538. The maximum absolute atomic E-state index is 9.11. The van der Waals surface area contributed by atoms with Crippen molar-refractivity contribution in [1.29, 1.82) is 0 Å². The summed E-state index contributed by atoms with van der Waals surface area (Å²) in [7, 11) is -1.42. The Hall–Kier alpha value is -1.52. The lowest BCUT2D eigenvalue weighted by atomic mass is 9.79. The van der Waals surface area contributed by atoms with Crippen LogP contribution >= 0.6 is 0 Å². The molecule has 0 amide bonds. The van der Waals surface area contributed by atoms with E-state index in [0.29, 0.717) is 18.0 Å². The third-order valence-electron chi connectivity index (χ3n) is 2.72. The third-order valence-corrected chi connectivity index (χ3v) is 2.72. The van der Waals surface area contributed by atoms with E-state index in [1.54, 1.807) is 12.1 Å². The van der Waals surface area contributed by atoms with Gasteiger partial charge in [-0.2, -0.15) is 0 Å². The fourth-order valence-electron chi connectivity index (χ4n) is 1.76. The second kappa shape index (κ2) is 5.42. The SMILES string of the molecule is CC(C)COc1ccc2cc(B(O)O)ccc2c1. The molecule has 2 aromatic rings. The summed E-state index contributed by atoms with van der Waals surface area (Å²) in [6, 6.07) is 11.1. The van der Waals surface area contributed by atoms with E-state index >= 15 is 0 Å². The zero-order chi connectivity index (χ0) is 13.1. The zero-order valence-electron chi connectivity index (χ0n) is 10.6. The van der Waals surface area contributed by atoms with Gasteiger partial charge < -0.3 is 14.8 Å². The van der Waals surface area contributed by atoms with Gasteiger partial charge in [0.25, 0.3) is 0 Å². The van der Waals surface area contributed by atoms with E-state index in [0.717, 1.165) is 16.5 Å². The molecule has 0 spiro atoms. The summed E-state index contributed by atoms with van der Waals surface area (Å²) in [6.45, 7) is 4.91. The van der Waals surface area contributed by atoms with Crippen LogP contribution in [0.4, 0.5) is 0 Å². The molecule has 0 aliphatic carbocycles. The summed E-state index contributed by atoms with van der Waals surface area (Å²) in [6.07, 6.45) is 0. The van der Waals surface area contributed by atoms with Crippen LogP contribution in [0.1, 0.15) is 13.8 Å². The van der Waals surface area contributed by atoms with Gasteiger partial charge >= 0.3 is 7.12 Å². The highest BCUT2D eigenvalue weighted by Gasteiger charge is 2.10. The predicted octanol–water partition coefficient (Wildman–Crippen LogP) is 1.55. The standard InChI is InChI=1S/C14H17BO3/c1-10(2)9-18-14-6-4-11-7-13(15(16)17)5-3-12(11)8-14/h3-8,10,16-17H,9H2,1-2H3. The third kappa shape index (κ3) is 3.03. The maximum Gasteiger partial charge on any atom is 0.488 e. The molecule has 0 saturated carbocycles. The van der Waals surface area contributed by atoms with E-state index in [2.05, 4.69) is 13.8 Å². The second-order valence-electron chi connectivity index (χ2n) is 4.85. The summed E-state index contributed by atoms with van der Waals surface area (Å²) in [5.74, 6) is 1.33. The van der Waals surface area contributed by atoms with Crippen molar-refractivity contribution in [3.05, 3.63) is 36.4 Å². The molecular formula is C14H17BO3. The van der Waals surface area contributed by atoms with Crippen LogP contribution < -0.4 is 10.2 Å². The fraction of sp³-hybridized carbons (Fsp3) is 0.286. The molecule has 0 unspecified atom stereocenters. The summed E-state index contributed by atoms with van der Waals surface area (Å²) in [5, 5.41) is 20.2. The fourth-order valence-corrected chi connectivity index (χ4v) is 1.76. The maximum atomic E-state index is 9.11. The van der Waals surface area contributed by atoms with Crippen LogP contribution in [0.5, 0.6) is 5.75 Å². The van der Waals surface area contributed by atoms with Crippen LogP contribution in [0, 0.1) is 5.92 Å². The molecule has 0 aliphatic rings. The zero-order valence-corrected chi connectivity index (χ0v) is 10.6. The Morgan fingerprint density at radius 1 is 1.06 bits per heavy atom. The average Bonchev–Trinajstić information content (AvgIpc) is 2.35. The van der Waals surface area contributed by atoms with Crippen LogP contribution in [0.3, 0.4) is 0 Å². The molecule has 0 fully saturated rings. The molecule has 0 heterocycles. The van der Waals surface area contributed by atoms with Gasteiger partial charge in [-0.3, -0.25) is 0 Å². The van der Waals surface area contributed by atoms with Crippen molar-refractivity contribution >= 4 is 23.4 Å². The monoisotopic (exact) mass is 244 g/mol. The summed E-state index contributed by atoms with van der Waals surface area (Å²) in [4.78, 5) is 0. The van der Waals surface area contributed by atoms with Crippen LogP contribution in [0.25, 0.3) is 10.8 Å². The Morgan fingerprint density at radius 3 is 2.39 bits per heavy atom. The minimum absolute atomic E-state index is 0.493. The second-order valence-corrected chi connectivity index (χ2v) is 4.85. The van der Waals surface area contributed by atoms with E-state index < -0.39 is 7.12 Å².